The Morgan fingerprint density at radius 2 is 1.58 bits per heavy atom. The van der Waals surface area contributed by atoms with E-state index < -0.39 is 21.0 Å². The normalized spacial score (nSPS) is 39.0. The van der Waals surface area contributed by atoms with Crippen LogP contribution in [0.3, 0.4) is 0 Å². The van der Waals surface area contributed by atoms with Gasteiger partial charge in [-0.05, 0) is 57.8 Å². The molecule has 0 spiro atoms. The number of hydrogen-bond donors (Lipinski definition) is 6. The number of hydrogen-bond acceptors (Lipinski definition) is 9. The number of halogens is 1. The summed E-state index contributed by atoms with van der Waals surface area (Å²) in [6, 6.07) is 0.679. The average molecular weight is 551 g/mol. The summed E-state index contributed by atoms with van der Waals surface area (Å²) in [5, 5.41) is 16.4. The fourth-order valence-corrected chi connectivity index (χ4v) is 7.59. The third-order valence-electron chi connectivity index (χ3n) is 8.44. The molecule has 6 N–H and O–H groups in total. The zero-order valence-electron chi connectivity index (χ0n) is 21.1. The van der Waals surface area contributed by atoms with Crippen LogP contribution in [0.5, 0.6) is 0 Å². The number of nitrogens with zero attached hydrogens (tertiary/aromatic N) is 1. The maximum atomic E-state index is 12.1. The number of alkyl halides is 1. The second-order valence-corrected chi connectivity index (χ2v) is 12.9. The summed E-state index contributed by atoms with van der Waals surface area (Å²) < 4.78 is 38.0. The molecule has 13 heteroatoms. The Kier molecular flexibility index (Phi) is 10.3. The molecule has 208 valence electrons. The quantitative estimate of drug-likeness (QED) is 0.106. The summed E-state index contributed by atoms with van der Waals surface area (Å²) in [5.41, 5.74) is -0.482. The van der Waals surface area contributed by atoms with Crippen LogP contribution in [0.25, 0.3) is 0 Å². The van der Waals surface area contributed by atoms with Crippen molar-refractivity contribution in [1.82, 2.24) is 31.5 Å². The molecule has 1 aliphatic heterocycles. The Labute approximate surface area is 219 Å². The lowest BCUT2D eigenvalue weighted by atomic mass is 9.85. The van der Waals surface area contributed by atoms with Crippen LogP contribution in [0.2, 0.25) is 0 Å². The highest BCUT2D eigenvalue weighted by Crippen LogP contribution is 2.30. The Morgan fingerprint density at radius 1 is 0.917 bits per heavy atom. The molecular formula is C23H43ClN6O5S. The number of carbonyl (C=O) groups excluding carboxylic acids is 1. The summed E-state index contributed by atoms with van der Waals surface area (Å²) in [6.07, 6.45) is 11.1. The van der Waals surface area contributed by atoms with Crippen molar-refractivity contribution in [2.24, 2.45) is 0 Å². The molecule has 0 radical (unpaired) electrons. The van der Waals surface area contributed by atoms with E-state index in [0.717, 1.165) is 38.5 Å². The highest BCUT2D eigenvalue weighted by molar-refractivity contribution is 7.86. The molecule has 6 atom stereocenters. The molecule has 0 aromatic carbocycles. The Morgan fingerprint density at radius 3 is 2.19 bits per heavy atom. The standard InChI is InChI=1S/C23H43ClN6O5S/c1-35-20-12-9-17(30(14-31)16-5-3-2-4-6-16)13-19(20)26-23-28-21(24)27-22(29-23)25-15-7-10-18(11-8-15)36(32,33)34/h14-23,25-29H,2-13H2,1H3,(H,32,33,34). The van der Waals surface area contributed by atoms with Crippen molar-refractivity contribution < 1.29 is 22.5 Å². The first kappa shape index (κ1) is 28.4. The third kappa shape index (κ3) is 7.51. The molecular weight excluding hydrogens is 508 g/mol. The molecule has 11 nitrogen and oxygen atoms in total. The summed E-state index contributed by atoms with van der Waals surface area (Å²) >= 11 is 6.46. The van der Waals surface area contributed by atoms with Gasteiger partial charge in [0.1, 0.15) is 18.2 Å². The van der Waals surface area contributed by atoms with Gasteiger partial charge in [-0.2, -0.15) is 8.42 Å². The zero-order chi connectivity index (χ0) is 25.7. The van der Waals surface area contributed by atoms with E-state index in [4.69, 9.17) is 16.3 Å². The number of carbonyl (C=O) groups is 1. The van der Waals surface area contributed by atoms with Gasteiger partial charge in [0.25, 0.3) is 10.1 Å². The first-order chi connectivity index (χ1) is 17.3. The second-order valence-electron chi connectivity index (χ2n) is 10.7. The molecule has 4 fully saturated rings. The van der Waals surface area contributed by atoms with E-state index in [1.165, 1.54) is 19.3 Å². The third-order valence-corrected chi connectivity index (χ3v) is 10.0. The van der Waals surface area contributed by atoms with Gasteiger partial charge < -0.3 is 9.64 Å². The van der Waals surface area contributed by atoms with Crippen LogP contribution < -0.4 is 26.6 Å². The highest BCUT2D eigenvalue weighted by Gasteiger charge is 2.38. The lowest BCUT2D eigenvalue weighted by molar-refractivity contribution is -0.125. The highest BCUT2D eigenvalue weighted by atomic mass is 35.5. The van der Waals surface area contributed by atoms with Crippen LogP contribution in [0, 0.1) is 0 Å². The van der Waals surface area contributed by atoms with Crippen LogP contribution in [0.1, 0.15) is 77.0 Å². The number of rotatable bonds is 9. The molecule has 1 saturated heterocycles. The molecule has 4 aliphatic rings. The Hall–Kier alpha value is -0.570. The predicted octanol–water partition coefficient (Wildman–Crippen LogP) is 0.964. The van der Waals surface area contributed by atoms with Crippen LogP contribution in [-0.2, 0) is 19.6 Å². The number of methoxy groups -OCH3 is 1. The van der Waals surface area contributed by atoms with E-state index in [2.05, 4.69) is 31.5 Å². The van der Waals surface area contributed by atoms with Crippen molar-refractivity contribution in [3.63, 3.8) is 0 Å². The van der Waals surface area contributed by atoms with Gasteiger partial charge in [0, 0.05) is 31.3 Å². The van der Waals surface area contributed by atoms with Crippen LogP contribution in [0.15, 0.2) is 0 Å². The van der Waals surface area contributed by atoms with Gasteiger partial charge in [-0.3, -0.25) is 35.9 Å². The molecule has 36 heavy (non-hydrogen) atoms. The van der Waals surface area contributed by atoms with Crippen LogP contribution >= 0.6 is 11.6 Å². The first-order valence-corrected chi connectivity index (χ1v) is 15.4. The predicted molar refractivity (Wildman–Crippen MR) is 137 cm³/mol. The average Bonchev–Trinajstić information content (AvgIpc) is 2.85. The van der Waals surface area contributed by atoms with Gasteiger partial charge in [-0.1, -0.05) is 30.9 Å². The SMILES string of the molecule is COC1CCC(N(C=O)C2CCCCC2)CC1NC1NC(Cl)NC(NC2CCC(S(=O)(=O)O)CC2)N1. The molecule has 0 aromatic heterocycles. The van der Waals surface area contributed by atoms with Gasteiger partial charge in [-0.15, -0.1) is 0 Å². The Balaban J connectivity index is 1.32. The van der Waals surface area contributed by atoms with E-state index in [-0.39, 0.29) is 36.8 Å². The lowest BCUT2D eigenvalue weighted by Crippen LogP contribution is -2.75. The van der Waals surface area contributed by atoms with Crippen molar-refractivity contribution >= 4 is 28.1 Å². The van der Waals surface area contributed by atoms with Crippen molar-refractivity contribution in [3.8, 4) is 0 Å². The summed E-state index contributed by atoms with van der Waals surface area (Å²) in [6.45, 7) is 0. The lowest BCUT2D eigenvalue weighted by Gasteiger charge is -2.46. The minimum Gasteiger partial charge on any atom is -0.380 e. The van der Waals surface area contributed by atoms with Crippen LogP contribution in [0.4, 0.5) is 0 Å². The van der Waals surface area contributed by atoms with E-state index in [9.17, 15) is 17.8 Å². The largest absolute Gasteiger partial charge is 0.380 e. The van der Waals surface area contributed by atoms with Crippen molar-refractivity contribution in [3.05, 3.63) is 0 Å². The first-order valence-electron chi connectivity index (χ1n) is 13.4. The zero-order valence-corrected chi connectivity index (χ0v) is 22.6. The molecule has 6 unspecified atom stereocenters. The molecule has 1 amide bonds. The number of amides is 1. The molecule has 3 saturated carbocycles. The topological polar surface area (TPSA) is 144 Å². The maximum Gasteiger partial charge on any atom is 0.267 e. The molecule has 4 rings (SSSR count). The van der Waals surface area contributed by atoms with E-state index in [1.807, 2.05) is 0 Å². The minimum absolute atomic E-state index is 0.0375. The van der Waals surface area contributed by atoms with Crippen molar-refractivity contribution in [2.45, 2.75) is 131 Å². The molecule has 1 heterocycles. The monoisotopic (exact) mass is 550 g/mol. The summed E-state index contributed by atoms with van der Waals surface area (Å²) in [4.78, 5) is 14.1. The number of nitrogens with one attached hydrogen (secondary N) is 5. The smallest absolute Gasteiger partial charge is 0.267 e. The minimum atomic E-state index is -3.98. The second kappa shape index (κ2) is 13.0. The van der Waals surface area contributed by atoms with Gasteiger partial charge in [-0.25, -0.2) is 0 Å². The maximum absolute atomic E-state index is 12.1. The van der Waals surface area contributed by atoms with E-state index in [1.54, 1.807) is 7.11 Å². The fourth-order valence-electron chi connectivity index (χ4n) is 6.47. The Bertz CT molecular complexity index is 811. The van der Waals surface area contributed by atoms with Gasteiger partial charge in [0.15, 0.2) is 0 Å². The van der Waals surface area contributed by atoms with E-state index in [0.29, 0.717) is 31.7 Å². The van der Waals surface area contributed by atoms with Crippen molar-refractivity contribution in [1.29, 1.82) is 0 Å². The molecule has 0 aromatic rings. The number of ether oxygens (including phenoxy) is 1. The van der Waals surface area contributed by atoms with Gasteiger partial charge in [0.2, 0.25) is 6.41 Å². The van der Waals surface area contributed by atoms with Gasteiger partial charge in [0.05, 0.1) is 11.4 Å². The fraction of sp³-hybridized carbons (Fsp3) is 0.957. The van der Waals surface area contributed by atoms with Crippen LogP contribution in [-0.4, -0.2) is 85.1 Å². The summed E-state index contributed by atoms with van der Waals surface area (Å²) in [7, 11) is -2.25. The van der Waals surface area contributed by atoms with Gasteiger partial charge >= 0.3 is 0 Å². The molecule has 3 aliphatic carbocycles. The van der Waals surface area contributed by atoms with Crippen molar-refractivity contribution in [2.75, 3.05) is 7.11 Å². The summed E-state index contributed by atoms with van der Waals surface area (Å²) in [5.74, 6) is 0. The molecule has 0 bridgehead atoms. The van der Waals surface area contributed by atoms with E-state index >= 15 is 0 Å².